The lowest BCUT2D eigenvalue weighted by molar-refractivity contribution is -0.0368. The molecule has 4 aliphatic rings. The van der Waals surface area contributed by atoms with Gasteiger partial charge in [0.25, 0.3) is 0 Å². The van der Waals surface area contributed by atoms with Crippen molar-refractivity contribution in [3.8, 4) is 5.75 Å². The third-order valence-electron chi connectivity index (χ3n) is 9.73. The molecule has 13 heteroatoms. The SMILES string of the molecule is CC(C)(C)OC(=O)N[C@@H]1c2ccccc2OC12CCN(c1nc3c(nc1Br)c(N1CCCc4ncccc41)nn3C1CCCCO1)CC2. The number of hydrogen-bond donors (Lipinski definition) is 1. The summed E-state index contributed by atoms with van der Waals surface area (Å²) < 4.78 is 21.2. The minimum Gasteiger partial charge on any atom is -0.484 e. The number of nitrogens with zero attached hydrogens (tertiary/aromatic N) is 7. The molecule has 2 fully saturated rings. The van der Waals surface area contributed by atoms with E-state index in [0.717, 1.165) is 78.5 Å². The van der Waals surface area contributed by atoms with E-state index < -0.39 is 17.3 Å². The summed E-state index contributed by atoms with van der Waals surface area (Å²) in [6, 6.07) is 11.7. The lowest BCUT2D eigenvalue weighted by atomic mass is 9.82. The molecule has 4 aliphatic heterocycles. The fraction of sp³-hybridized carbons (Fsp3) is 0.514. The van der Waals surface area contributed by atoms with Gasteiger partial charge in [0.05, 0.1) is 11.4 Å². The zero-order chi connectivity index (χ0) is 33.0. The molecule has 12 nitrogen and oxygen atoms in total. The molecule has 0 bridgehead atoms. The first-order chi connectivity index (χ1) is 23.2. The molecule has 2 atom stereocenters. The van der Waals surface area contributed by atoms with Gasteiger partial charge < -0.3 is 29.3 Å². The predicted molar refractivity (Wildman–Crippen MR) is 185 cm³/mol. The highest BCUT2D eigenvalue weighted by molar-refractivity contribution is 9.10. The normalized spacial score (nSPS) is 21.9. The van der Waals surface area contributed by atoms with Crippen molar-refractivity contribution < 1.29 is 19.0 Å². The van der Waals surface area contributed by atoms with Gasteiger partial charge in [0, 0.05) is 50.8 Å². The second-order valence-electron chi connectivity index (χ2n) is 14.1. The van der Waals surface area contributed by atoms with Crippen molar-refractivity contribution in [2.45, 2.75) is 89.2 Å². The van der Waals surface area contributed by atoms with Crippen LogP contribution in [0.4, 0.5) is 22.1 Å². The first-order valence-electron chi connectivity index (χ1n) is 17.0. The number of amides is 1. The van der Waals surface area contributed by atoms with E-state index >= 15 is 0 Å². The molecule has 0 saturated carbocycles. The van der Waals surface area contributed by atoms with E-state index in [1.165, 1.54) is 0 Å². The second kappa shape index (κ2) is 12.2. The maximum Gasteiger partial charge on any atom is 0.408 e. The van der Waals surface area contributed by atoms with Gasteiger partial charge in [-0.05, 0) is 87.0 Å². The summed E-state index contributed by atoms with van der Waals surface area (Å²) in [5.41, 5.74) is 3.34. The summed E-state index contributed by atoms with van der Waals surface area (Å²) in [5, 5.41) is 8.31. The quantitative estimate of drug-likeness (QED) is 0.243. The van der Waals surface area contributed by atoms with Crippen molar-refractivity contribution in [2.24, 2.45) is 0 Å². The third-order valence-corrected chi connectivity index (χ3v) is 10.3. The minimum absolute atomic E-state index is 0.203. The molecule has 3 aromatic heterocycles. The molecule has 8 rings (SSSR count). The number of fused-ring (bicyclic) bond motifs is 3. The fourth-order valence-electron chi connectivity index (χ4n) is 7.51. The number of hydrogen-bond acceptors (Lipinski definition) is 10. The van der Waals surface area contributed by atoms with E-state index in [2.05, 4.69) is 42.1 Å². The Bertz CT molecular complexity index is 1840. The van der Waals surface area contributed by atoms with Crippen molar-refractivity contribution in [1.29, 1.82) is 0 Å². The predicted octanol–water partition coefficient (Wildman–Crippen LogP) is 6.76. The smallest absolute Gasteiger partial charge is 0.408 e. The Kier molecular flexibility index (Phi) is 7.94. The minimum atomic E-state index is -0.609. The Labute approximate surface area is 288 Å². The second-order valence-corrected chi connectivity index (χ2v) is 14.8. The Morgan fingerprint density at radius 3 is 2.67 bits per heavy atom. The van der Waals surface area contributed by atoms with E-state index in [1.54, 1.807) is 0 Å². The van der Waals surface area contributed by atoms with Crippen molar-refractivity contribution in [1.82, 2.24) is 30.0 Å². The van der Waals surface area contributed by atoms with Crippen LogP contribution in [0.5, 0.6) is 5.75 Å². The van der Waals surface area contributed by atoms with Gasteiger partial charge in [-0.15, -0.1) is 5.10 Å². The van der Waals surface area contributed by atoms with Crippen LogP contribution in [0, 0.1) is 0 Å². The largest absolute Gasteiger partial charge is 0.484 e. The van der Waals surface area contributed by atoms with Gasteiger partial charge in [-0.3, -0.25) is 4.98 Å². The highest BCUT2D eigenvalue weighted by Crippen LogP contribution is 2.49. The summed E-state index contributed by atoms with van der Waals surface area (Å²) in [4.78, 5) is 32.5. The first-order valence-corrected chi connectivity index (χ1v) is 17.8. The highest BCUT2D eigenvalue weighted by atomic mass is 79.9. The van der Waals surface area contributed by atoms with Crippen molar-refractivity contribution in [3.05, 3.63) is 58.5 Å². The molecule has 2 saturated heterocycles. The standard InChI is InChI=1S/C35H41BrN8O4/c1-34(2,3)48-33(45)39-28-22-10-4-5-13-25(22)47-35(28)15-19-42(20-16-35)32-29(36)38-27-30(40-32)44(26-14-6-7-21-46-26)41-31(27)43-18-9-11-23-24(43)12-8-17-37-23/h4-5,8,10,12-13,17,26,28H,6-7,9,11,14-16,18-21H2,1-3H3,(H,39,45)/t26?,28-/m1/s1. The number of aromatic nitrogens is 5. The molecule has 252 valence electrons. The molecule has 1 N–H and O–H groups in total. The van der Waals surface area contributed by atoms with Crippen molar-refractivity contribution >= 4 is 50.5 Å². The molecule has 1 aromatic carbocycles. The Morgan fingerprint density at radius 2 is 1.88 bits per heavy atom. The summed E-state index contributed by atoms with van der Waals surface area (Å²) in [6.07, 6.45) is 7.45. The average Bonchev–Trinajstić information content (AvgIpc) is 3.59. The van der Waals surface area contributed by atoms with E-state index in [0.29, 0.717) is 42.8 Å². The van der Waals surface area contributed by atoms with Gasteiger partial charge in [-0.25, -0.2) is 19.4 Å². The number of piperidine rings is 1. The molecular weight excluding hydrogens is 676 g/mol. The number of anilines is 3. The number of benzene rings is 1. The van der Waals surface area contributed by atoms with Crippen LogP contribution in [0.2, 0.25) is 0 Å². The Balaban J connectivity index is 1.11. The Morgan fingerprint density at radius 1 is 1.04 bits per heavy atom. The molecule has 1 amide bonds. The summed E-state index contributed by atoms with van der Waals surface area (Å²) in [7, 11) is 0. The van der Waals surface area contributed by atoms with E-state index in [9.17, 15) is 4.79 Å². The number of carbonyl (C=O) groups excluding carboxylic acids is 1. The highest BCUT2D eigenvalue weighted by Gasteiger charge is 2.51. The molecule has 48 heavy (non-hydrogen) atoms. The van der Waals surface area contributed by atoms with Gasteiger partial charge >= 0.3 is 6.09 Å². The summed E-state index contributed by atoms with van der Waals surface area (Å²) >= 11 is 3.80. The van der Waals surface area contributed by atoms with Crippen molar-refractivity contribution in [2.75, 3.05) is 36.0 Å². The lowest BCUT2D eigenvalue weighted by Gasteiger charge is -2.42. The van der Waals surface area contributed by atoms with Gasteiger partial charge in [0.15, 0.2) is 29.0 Å². The van der Waals surface area contributed by atoms with Crippen LogP contribution in [0.15, 0.2) is 47.2 Å². The lowest BCUT2D eigenvalue weighted by Crippen LogP contribution is -2.54. The number of para-hydroxylation sites is 1. The molecule has 1 spiro atoms. The van der Waals surface area contributed by atoms with Crippen LogP contribution < -0.4 is 19.9 Å². The number of ether oxygens (including phenoxy) is 3. The number of alkyl carbamates (subject to hydrolysis) is 1. The van der Waals surface area contributed by atoms with E-state index in [-0.39, 0.29) is 12.3 Å². The fourth-order valence-corrected chi connectivity index (χ4v) is 8.03. The molecule has 4 aromatic rings. The number of halogens is 1. The summed E-state index contributed by atoms with van der Waals surface area (Å²) in [6.45, 7) is 8.45. The van der Waals surface area contributed by atoms with E-state index in [1.807, 2.05) is 62.0 Å². The zero-order valence-corrected chi connectivity index (χ0v) is 29.2. The van der Waals surface area contributed by atoms with Crippen LogP contribution in [-0.4, -0.2) is 68.3 Å². The van der Waals surface area contributed by atoms with Crippen molar-refractivity contribution in [3.63, 3.8) is 0 Å². The number of rotatable bonds is 4. The van der Waals surface area contributed by atoms with Crippen LogP contribution >= 0.6 is 15.9 Å². The van der Waals surface area contributed by atoms with Crippen LogP contribution in [0.3, 0.4) is 0 Å². The van der Waals surface area contributed by atoms with E-state index in [4.69, 9.17) is 29.3 Å². The van der Waals surface area contributed by atoms with Gasteiger partial charge in [0.2, 0.25) is 0 Å². The molecule has 0 radical (unpaired) electrons. The average molecular weight is 718 g/mol. The number of nitrogens with one attached hydrogen (secondary N) is 1. The molecule has 7 heterocycles. The first kappa shape index (κ1) is 31.3. The van der Waals surface area contributed by atoms with Gasteiger partial charge in [-0.1, -0.05) is 18.2 Å². The monoisotopic (exact) mass is 716 g/mol. The maximum atomic E-state index is 13.0. The zero-order valence-electron chi connectivity index (χ0n) is 27.6. The third kappa shape index (κ3) is 5.64. The number of carbonyl (C=O) groups is 1. The van der Waals surface area contributed by atoms with Crippen LogP contribution in [0.1, 0.15) is 82.8 Å². The number of aryl methyl sites for hydroxylation is 1. The topological polar surface area (TPSA) is 120 Å². The maximum absolute atomic E-state index is 13.0. The molecule has 1 unspecified atom stereocenters. The summed E-state index contributed by atoms with van der Waals surface area (Å²) in [5.74, 6) is 2.33. The van der Waals surface area contributed by atoms with Crippen LogP contribution in [-0.2, 0) is 15.9 Å². The Hall–Kier alpha value is -3.97. The molecular formula is C35H41BrN8O4. The molecule has 0 aliphatic carbocycles. The number of pyridine rings is 1. The van der Waals surface area contributed by atoms with Gasteiger partial charge in [-0.2, -0.15) is 0 Å². The van der Waals surface area contributed by atoms with Gasteiger partial charge in [0.1, 0.15) is 27.6 Å². The van der Waals surface area contributed by atoms with Crippen LogP contribution in [0.25, 0.3) is 11.2 Å².